The van der Waals surface area contributed by atoms with Crippen molar-refractivity contribution in [1.29, 1.82) is 0 Å². The summed E-state index contributed by atoms with van der Waals surface area (Å²) >= 11 is 0. The lowest BCUT2D eigenvalue weighted by Gasteiger charge is -2.23. The minimum atomic E-state index is -0.257. The fourth-order valence-electron chi connectivity index (χ4n) is 2.56. The molecule has 0 radical (unpaired) electrons. The SMILES string of the molecule is C#CCN(Cc1ccc(F)cc1)c1ccc2c(c1)NC(=O)C2. The molecule has 0 aliphatic carbocycles. The van der Waals surface area contributed by atoms with E-state index >= 15 is 0 Å². The van der Waals surface area contributed by atoms with Crippen molar-refractivity contribution in [2.24, 2.45) is 0 Å². The molecule has 0 aromatic heterocycles. The van der Waals surface area contributed by atoms with Crippen molar-refractivity contribution >= 4 is 17.3 Å². The number of amides is 1. The molecule has 0 unspecified atom stereocenters. The number of nitrogens with one attached hydrogen (secondary N) is 1. The smallest absolute Gasteiger partial charge is 0.228 e. The number of carbonyl (C=O) groups excluding carboxylic acids is 1. The summed E-state index contributed by atoms with van der Waals surface area (Å²) in [5.41, 5.74) is 3.74. The number of rotatable bonds is 4. The molecule has 2 aromatic carbocycles. The van der Waals surface area contributed by atoms with Gasteiger partial charge < -0.3 is 10.2 Å². The van der Waals surface area contributed by atoms with Crippen LogP contribution < -0.4 is 10.2 Å². The van der Waals surface area contributed by atoms with Gasteiger partial charge in [-0.05, 0) is 35.4 Å². The highest BCUT2D eigenvalue weighted by Crippen LogP contribution is 2.29. The van der Waals surface area contributed by atoms with Crippen molar-refractivity contribution in [3.8, 4) is 12.3 Å². The third kappa shape index (κ3) is 2.94. The third-order valence-corrected chi connectivity index (χ3v) is 3.65. The Morgan fingerprint density at radius 2 is 2.00 bits per heavy atom. The Morgan fingerprint density at radius 3 is 2.73 bits per heavy atom. The quantitative estimate of drug-likeness (QED) is 0.879. The number of fused-ring (bicyclic) bond motifs is 1. The molecule has 0 saturated carbocycles. The van der Waals surface area contributed by atoms with Crippen LogP contribution in [0.25, 0.3) is 0 Å². The molecule has 4 heteroatoms. The average Bonchev–Trinajstić information content (AvgIpc) is 2.88. The van der Waals surface area contributed by atoms with Gasteiger partial charge in [0.05, 0.1) is 13.0 Å². The van der Waals surface area contributed by atoms with Crippen LogP contribution in [-0.4, -0.2) is 12.5 Å². The minimum Gasteiger partial charge on any atom is -0.356 e. The first-order chi connectivity index (χ1) is 10.7. The van der Waals surface area contributed by atoms with Crippen molar-refractivity contribution in [3.05, 3.63) is 59.4 Å². The van der Waals surface area contributed by atoms with Crippen molar-refractivity contribution in [1.82, 2.24) is 0 Å². The summed E-state index contributed by atoms with van der Waals surface area (Å²) in [5, 5.41) is 2.84. The number of hydrogen-bond acceptors (Lipinski definition) is 2. The molecule has 0 atom stereocenters. The van der Waals surface area contributed by atoms with Crippen LogP contribution in [0.4, 0.5) is 15.8 Å². The number of halogens is 1. The van der Waals surface area contributed by atoms with E-state index in [-0.39, 0.29) is 11.7 Å². The standard InChI is InChI=1S/C18H15FN2O/c1-2-9-21(12-13-3-6-15(19)7-4-13)16-8-5-14-10-18(22)20-17(14)11-16/h1,3-8,11H,9-10,12H2,(H,20,22). The molecule has 3 nitrogen and oxygen atoms in total. The van der Waals surface area contributed by atoms with E-state index in [0.717, 1.165) is 22.5 Å². The van der Waals surface area contributed by atoms with Crippen molar-refractivity contribution < 1.29 is 9.18 Å². The summed E-state index contributed by atoms with van der Waals surface area (Å²) in [5.74, 6) is 2.39. The van der Waals surface area contributed by atoms with Crippen molar-refractivity contribution in [2.45, 2.75) is 13.0 Å². The summed E-state index contributed by atoms with van der Waals surface area (Å²) in [6, 6.07) is 12.2. The zero-order valence-electron chi connectivity index (χ0n) is 12.0. The van der Waals surface area contributed by atoms with E-state index in [9.17, 15) is 9.18 Å². The first-order valence-corrected chi connectivity index (χ1v) is 7.01. The average molecular weight is 294 g/mol. The van der Waals surface area contributed by atoms with Crippen LogP contribution >= 0.6 is 0 Å². The molecule has 0 spiro atoms. The van der Waals surface area contributed by atoms with E-state index in [2.05, 4.69) is 11.2 Å². The maximum Gasteiger partial charge on any atom is 0.228 e. The van der Waals surface area contributed by atoms with Gasteiger partial charge in [-0.15, -0.1) is 6.42 Å². The normalized spacial score (nSPS) is 12.5. The Kier molecular flexibility index (Phi) is 3.80. The number of benzene rings is 2. The second kappa shape index (κ2) is 5.90. The molecule has 2 aromatic rings. The van der Waals surface area contributed by atoms with E-state index in [1.165, 1.54) is 12.1 Å². The summed E-state index contributed by atoms with van der Waals surface area (Å²) in [6.45, 7) is 1.02. The lowest BCUT2D eigenvalue weighted by Crippen LogP contribution is -2.23. The Bertz CT molecular complexity index is 747. The molecule has 1 aliphatic rings. The highest BCUT2D eigenvalue weighted by Gasteiger charge is 2.18. The summed E-state index contributed by atoms with van der Waals surface area (Å²) in [6.07, 6.45) is 5.88. The van der Waals surface area contributed by atoms with E-state index < -0.39 is 0 Å². The number of carbonyl (C=O) groups is 1. The van der Waals surface area contributed by atoms with Crippen molar-refractivity contribution in [2.75, 3.05) is 16.8 Å². The predicted octanol–water partition coefficient (Wildman–Crippen LogP) is 2.96. The summed E-state index contributed by atoms with van der Waals surface area (Å²) in [4.78, 5) is 13.4. The lowest BCUT2D eigenvalue weighted by molar-refractivity contribution is -0.115. The molecule has 1 aliphatic heterocycles. The zero-order valence-corrected chi connectivity index (χ0v) is 12.0. The van der Waals surface area contributed by atoms with E-state index in [1.54, 1.807) is 12.1 Å². The zero-order chi connectivity index (χ0) is 15.5. The summed E-state index contributed by atoms with van der Waals surface area (Å²) < 4.78 is 13.0. The Labute approximate surface area is 128 Å². The van der Waals surface area contributed by atoms with Crippen LogP contribution in [0.2, 0.25) is 0 Å². The van der Waals surface area contributed by atoms with E-state index in [4.69, 9.17) is 6.42 Å². The molecule has 0 fully saturated rings. The first-order valence-electron chi connectivity index (χ1n) is 7.01. The van der Waals surface area contributed by atoms with Crippen LogP contribution in [0.1, 0.15) is 11.1 Å². The maximum atomic E-state index is 13.0. The molecule has 1 heterocycles. The van der Waals surface area contributed by atoms with Crippen molar-refractivity contribution in [3.63, 3.8) is 0 Å². The molecule has 1 amide bonds. The molecular formula is C18H15FN2O. The third-order valence-electron chi connectivity index (χ3n) is 3.65. The topological polar surface area (TPSA) is 32.3 Å². The molecule has 110 valence electrons. The predicted molar refractivity (Wildman–Crippen MR) is 85.1 cm³/mol. The number of nitrogens with zero attached hydrogens (tertiary/aromatic N) is 1. The maximum absolute atomic E-state index is 13.0. The largest absolute Gasteiger partial charge is 0.356 e. The van der Waals surface area contributed by atoms with Gasteiger partial charge in [0, 0.05) is 17.9 Å². The second-order valence-corrected chi connectivity index (χ2v) is 5.25. The van der Waals surface area contributed by atoms with Gasteiger partial charge in [0.1, 0.15) is 5.82 Å². The van der Waals surface area contributed by atoms with Gasteiger partial charge in [-0.1, -0.05) is 24.1 Å². The first kappa shape index (κ1) is 14.2. The van der Waals surface area contributed by atoms with Crippen LogP contribution in [0.15, 0.2) is 42.5 Å². The van der Waals surface area contributed by atoms with Gasteiger partial charge in [0.15, 0.2) is 0 Å². The molecule has 3 rings (SSSR count). The Morgan fingerprint density at radius 1 is 1.23 bits per heavy atom. The summed E-state index contributed by atoms with van der Waals surface area (Å²) in [7, 11) is 0. The highest BCUT2D eigenvalue weighted by atomic mass is 19.1. The van der Waals surface area contributed by atoms with Gasteiger partial charge in [0.25, 0.3) is 0 Å². The molecule has 0 saturated heterocycles. The molecule has 1 N–H and O–H groups in total. The number of terminal acetylenes is 1. The highest BCUT2D eigenvalue weighted by molar-refractivity contribution is 5.99. The van der Waals surface area contributed by atoms with Gasteiger partial charge in [-0.3, -0.25) is 4.79 Å². The Balaban J connectivity index is 1.85. The Hall–Kier alpha value is -2.80. The molecular weight excluding hydrogens is 279 g/mol. The van der Waals surface area contributed by atoms with Crippen LogP contribution in [0, 0.1) is 18.2 Å². The molecule has 0 bridgehead atoms. The van der Waals surface area contributed by atoms with Crippen LogP contribution in [-0.2, 0) is 17.8 Å². The number of anilines is 2. The minimum absolute atomic E-state index is 0.00850. The second-order valence-electron chi connectivity index (χ2n) is 5.25. The number of hydrogen-bond donors (Lipinski definition) is 1. The fourth-order valence-corrected chi connectivity index (χ4v) is 2.56. The van der Waals surface area contributed by atoms with Gasteiger partial charge >= 0.3 is 0 Å². The van der Waals surface area contributed by atoms with E-state index in [1.807, 2.05) is 23.1 Å². The van der Waals surface area contributed by atoms with Crippen LogP contribution in [0.5, 0.6) is 0 Å². The van der Waals surface area contributed by atoms with Gasteiger partial charge in [0.2, 0.25) is 5.91 Å². The van der Waals surface area contributed by atoms with Crippen LogP contribution in [0.3, 0.4) is 0 Å². The van der Waals surface area contributed by atoms with Gasteiger partial charge in [-0.25, -0.2) is 4.39 Å². The lowest BCUT2D eigenvalue weighted by atomic mass is 10.1. The fraction of sp³-hybridized carbons (Fsp3) is 0.167. The molecule has 22 heavy (non-hydrogen) atoms. The monoisotopic (exact) mass is 294 g/mol. The van der Waals surface area contributed by atoms with E-state index in [0.29, 0.717) is 19.5 Å². The van der Waals surface area contributed by atoms with Gasteiger partial charge in [-0.2, -0.15) is 0 Å².